The van der Waals surface area contributed by atoms with E-state index in [1.807, 2.05) is 0 Å². The number of rotatable bonds is 5. The van der Waals surface area contributed by atoms with Crippen molar-refractivity contribution < 1.29 is 19.2 Å². The number of carbonyl (C=O) groups excluding carboxylic acids is 2. The summed E-state index contributed by atoms with van der Waals surface area (Å²) < 4.78 is 6.31. The van der Waals surface area contributed by atoms with Crippen LogP contribution in [0.4, 0.5) is 5.69 Å². The van der Waals surface area contributed by atoms with Crippen LogP contribution in [-0.4, -0.2) is 39.2 Å². The van der Waals surface area contributed by atoms with Gasteiger partial charge in [-0.3, -0.25) is 24.4 Å². The van der Waals surface area contributed by atoms with Crippen molar-refractivity contribution in [2.24, 2.45) is 0 Å². The highest BCUT2D eigenvalue weighted by atomic mass is 16.6. The number of esters is 1. The molecule has 1 aromatic heterocycles. The summed E-state index contributed by atoms with van der Waals surface area (Å²) in [7, 11) is 0. The maximum absolute atomic E-state index is 11.7. The van der Waals surface area contributed by atoms with Crippen LogP contribution in [0.1, 0.15) is 24.2 Å². The van der Waals surface area contributed by atoms with E-state index in [4.69, 9.17) is 4.74 Å². The molecule has 1 fully saturated rings. The number of nitrogens with one attached hydrogen (secondary N) is 1. The number of nitrogens with zero attached hydrogens (tertiary/aromatic N) is 3. The van der Waals surface area contributed by atoms with Crippen LogP contribution in [-0.2, 0) is 20.9 Å². The van der Waals surface area contributed by atoms with Crippen LogP contribution in [0, 0.1) is 24.0 Å². The molecule has 1 saturated heterocycles. The first-order valence-corrected chi connectivity index (χ1v) is 6.52. The molecule has 0 saturated carbocycles. The van der Waals surface area contributed by atoms with Crippen LogP contribution >= 0.6 is 0 Å². The van der Waals surface area contributed by atoms with E-state index in [0.29, 0.717) is 18.5 Å². The Balaban J connectivity index is 1.92. The van der Waals surface area contributed by atoms with Gasteiger partial charge in [0.1, 0.15) is 24.5 Å². The molecular formula is C12H16N4O5. The number of hydrogen-bond acceptors (Lipinski definition) is 6. The zero-order valence-corrected chi connectivity index (χ0v) is 11.8. The van der Waals surface area contributed by atoms with Gasteiger partial charge in [0.25, 0.3) is 0 Å². The van der Waals surface area contributed by atoms with E-state index in [0.717, 1.165) is 0 Å². The molecule has 1 aromatic rings. The van der Waals surface area contributed by atoms with Crippen LogP contribution in [0.15, 0.2) is 0 Å². The predicted molar refractivity (Wildman–Crippen MR) is 70.5 cm³/mol. The second kappa shape index (κ2) is 5.90. The fraction of sp³-hybridized carbons (Fsp3) is 0.583. The summed E-state index contributed by atoms with van der Waals surface area (Å²) >= 11 is 0. The van der Waals surface area contributed by atoms with Gasteiger partial charge in [0.2, 0.25) is 5.91 Å². The third-order valence-electron chi connectivity index (χ3n) is 3.34. The SMILES string of the molecule is Cc1nn(CC(=O)OCC2CCC(=O)N2)c(C)c1[N+](=O)[O-]. The smallest absolute Gasteiger partial charge is 0.327 e. The maximum Gasteiger partial charge on any atom is 0.327 e. The topological polar surface area (TPSA) is 116 Å². The Morgan fingerprint density at radius 3 is 2.81 bits per heavy atom. The summed E-state index contributed by atoms with van der Waals surface area (Å²) in [4.78, 5) is 33.1. The summed E-state index contributed by atoms with van der Waals surface area (Å²) in [6.07, 6.45) is 1.07. The normalized spacial score (nSPS) is 17.6. The Labute approximate surface area is 120 Å². The van der Waals surface area contributed by atoms with Crippen LogP contribution in [0.2, 0.25) is 0 Å². The largest absolute Gasteiger partial charge is 0.462 e. The highest BCUT2D eigenvalue weighted by Gasteiger charge is 2.24. The molecule has 1 amide bonds. The molecule has 0 aliphatic carbocycles. The molecule has 9 heteroatoms. The maximum atomic E-state index is 11.7. The number of hydrogen-bond donors (Lipinski definition) is 1. The van der Waals surface area contributed by atoms with Gasteiger partial charge in [0.05, 0.1) is 11.0 Å². The second-order valence-electron chi connectivity index (χ2n) is 4.92. The standard InChI is InChI=1S/C12H16N4O5/c1-7-12(16(19)20)8(2)15(14-7)5-11(18)21-6-9-3-4-10(17)13-9/h9H,3-6H2,1-2H3,(H,13,17). The van der Waals surface area contributed by atoms with E-state index in [1.54, 1.807) is 0 Å². The summed E-state index contributed by atoms with van der Waals surface area (Å²) in [5.41, 5.74) is 0.475. The summed E-state index contributed by atoms with van der Waals surface area (Å²) in [6, 6.07) is -0.156. The lowest BCUT2D eigenvalue weighted by Crippen LogP contribution is -2.31. The molecule has 1 N–H and O–H groups in total. The minimum atomic E-state index is -0.545. The highest BCUT2D eigenvalue weighted by molar-refractivity contribution is 5.78. The van der Waals surface area contributed by atoms with Gasteiger partial charge in [0.15, 0.2) is 0 Å². The monoisotopic (exact) mass is 296 g/mol. The van der Waals surface area contributed by atoms with Gasteiger partial charge >= 0.3 is 11.7 Å². The van der Waals surface area contributed by atoms with Gasteiger partial charge in [-0.1, -0.05) is 0 Å². The molecule has 1 aliphatic heterocycles. The number of amides is 1. The molecule has 0 spiro atoms. The molecule has 2 rings (SSSR count). The van der Waals surface area contributed by atoms with Gasteiger partial charge in [-0.05, 0) is 20.3 Å². The Bertz CT molecular complexity index is 595. The molecule has 114 valence electrons. The Hall–Kier alpha value is -2.45. The Morgan fingerprint density at radius 1 is 1.57 bits per heavy atom. The number of aromatic nitrogens is 2. The summed E-state index contributed by atoms with van der Waals surface area (Å²) in [5, 5.41) is 17.5. The van der Waals surface area contributed by atoms with E-state index in [2.05, 4.69) is 10.4 Å². The van der Waals surface area contributed by atoms with Crippen molar-refractivity contribution in [1.82, 2.24) is 15.1 Å². The fourth-order valence-corrected chi connectivity index (χ4v) is 2.27. The van der Waals surface area contributed by atoms with Crippen molar-refractivity contribution in [3.8, 4) is 0 Å². The van der Waals surface area contributed by atoms with E-state index in [-0.39, 0.29) is 36.5 Å². The average Bonchev–Trinajstić information content (AvgIpc) is 2.91. The second-order valence-corrected chi connectivity index (χ2v) is 4.92. The molecule has 1 unspecified atom stereocenters. The van der Waals surface area contributed by atoms with Crippen LogP contribution in [0.25, 0.3) is 0 Å². The first-order valence-electron chi connectivity index (χ1n) is 6.52. The third kappa shape index (κ3) is 3.36. The molecule has 9 nitrogen and oxygen atoms in total. The molecule has 2 heterocycles. The quantitative estimate of drug-likeness (QED) is 0.472. The van der Waals surface area contributed by atoms with Gasteiger partial charge in [-0.15, -0.1) is 0 Å². The molecular weight excluding hydrogens is 280 g/mol. The van der Waals surface area contributed by atoms with Gasteiger partial charge in [-0.25, -0.2) is 0 Å². The van der Waals surface area contributed by atoms with Crippen molar-refractivity contribution in [3.05, 3.63) is 21.5 Å². The van der Waals surface area contributed by atoms with E-state index in [9.17, 15) is 19.7 Å². The number of aryl methyl sites for hydroxylation is 1. The fourth-order valence-electron chi connectivity index (χ4n) is 2.27. The lowest BCUT2D eigenvalue weighted by atomic mass is 10.2. The molecule has 1 atom stereocenters. The lowest BCUT2D eigenvalue weighted by molar-refractivity contribution is -0.386. The molecule has 0 bridgehead atoms. The minimum absolute atomic E-state index is 0.0507. The molecule has 1 aliphatic rings. The first kappa shape index (κ1) is 14.9. The minimum Gasteiger partial charge on any atom is -0.462 e. The number of carbonyl (C=O) groups is 2. The lowest BCUT2D eigenvalue weighted by Gasteiger charge is -2.11. The predicted octanol–water partition coefficient (Wildman–Crippen LogP) is 0.230. The van der Waals surface area contributed by atoms with Crippen LogP contribution in [0.5, 0.6) is 0 Å². The van der Waals surface area contributed by atoms with Gasteiger partial charge in [0, 0.05) is 6.42 Å². The van der Waals surface area contributed by atoms with Crippen LogP contribution in [0.3, 0.4) is 0 Å². The zero-order valence-electron chi connectivity index (χ0n) is 11.8. The summed E-state index contributed by atoms with van der Waals surface area (Å²) in [5.74, 6) is -0.595. The van der Waals surface area contributed by atoms with E-state index in [1.165, 1.54) is 18.5 Å². The van der Waals surface area contributed by atoms with Crippen molar-refractivity contribution in [2.45, 2.75) is 39.3 Å². The average molecular weight is 296 g/mol. The molecule has 21 heavy (non-hydrogen) atoms. The van der Waals surface area contributed by atoms with Crippen LogP contribution < -0.4 is 5.32 Å². The zero-order chi connectivity index (χ0) is 15.6. The van der Waals surface area contributed by atoms with Crippen molar-refractivity contribution in [2.75, 3.05) is 6.61 Å². The third-order valence-corrected chi connectivity index (χ3v) is 3.34. The first-order chi connectivity index (χ1) is 9.88. The number of nitro groups is 1. The van der Waals surface area contributed by atoms with Gasteiger partial charge in [-0.2, -0.15) is 5.10 Å². The molecule has 0 radical (unpaired) electrons. The number of ether oxygens (including phenoxy) is 1. The van der Waals surface area contributed by atoms with E-state index < -0.39 is 10.9 Å². The summed E-state index contributed by atoms with van der Waals surface area (Å²) in [6.45, 7) is 2.96. The van der Waals surface area contributed by atoms with Crippen molar-refractivity contribution in [3.63, 3.8) is 0 Å². The highest BCUT2D eigenvalue weighted by Crippen LogP contribution is 2.21. The van der Waals surface area contributed by atoms with Gasteiger partial charge < -0.3 is 10.1 Å². The Morgan fingerprint density at radius 2 is 2.29 bits per heavy atom. The molecule has 0 aromatic carbocycles. The van der Waals surface area contributed by atoms with Crippen molar-refractivity contribution >= 4 is 17.6 Å². The Kier molecular flexibility index (Phi) is 4.20. The van der Waals surface area contributed by atoms with E-state index >= 15 is 0 Å². The van der Waals surface area contributed by atoms with Crippen molar-refractivity contribution in [1.29, 1.82) is 0 Å².